The van der Waals surface area contributed by atoms with E-state index in [1.165, 1.54) is 5.56 Å². The molecule has 1 unspecified atom stereocenters. The van der Waals surface area contributed by atoms with Crippen LogP contribution in [0, 0.1) is 0 Å². The van der Waals surface area contributed by atoms with Crippen LogP contribution in [0.5, 0.6) is 0 Å². The van der Waals surface area contributed by atoms with Gasteiger partial charge < -0.3 is 10.4 Å². The Hall–Kier alpha value is -2.00. The van der Waals surface area contributed by atoms with E-state index in [0.717, 1.165) is 12.0 Å². The minimum Gasteiger partial charge on any atom is -0.479 e. The second-order valence-corrected chi connectivity index (χ2v) is 4.96. The second-order valence-electron chi connectivity index (χ2n) is 4.52. The van der Waals surface area contributed by atoms with Crippen LogP contribution in [0.1, 0.15) is 24.1 Å². The van der Waals surface area contributed by atoms with E-state index in [-0.39, 0.29) is 0 Å². The molecule has 2 aromatic rings. The summed E-state index contributed by atoms with van der Waals surface area (Å²) in [6, 6.07) is 13.8. The van der Waals surface area contributed by atoms with Crippen molar-refractivity contribution in [2.75, 3.05) is 5.32 Å². The van der Waals surface area contributed by atoms with Gasteiger partial charge in [-0.25, -0.2) is 4.79 Å². The molecule has 4 heteroatoms. The van der Waals surface area contributed by atoms with Gasteiger partial charge >= 0.3 is 5.97 Å². The largest absolute Gasteiger partial charge is 0.479 e. The van der Waals surface area contributed by atoms with Crippen molar-refractivity contribution < 1.29 is 9.90 Å². The molecule has 3 nitrogen and oxygen atoms in total. The standard InChI is InChI=1S/C16H16ClNO2/c1-2-11-6-8-12(9-7-11)15(16(19)20)18-14-5-3-4-13(17)10-14/h3-10,15,18H,2H2,1H3,(H,19,20). The van der Waals surface area contributed by atoms with Crippen LogP contribution in [0.15, 0.2) is 48.5 Å². The van der Waals surface area contributed by atoms with Crippen molar-refractivity contribution in [3.8, 4) is 0 Å². The van der Waals surface area contributed by atoms with Crippen molar-refractivity contribution in [3.05, 3.63) is 64.7 Å². The number of benzene rings is 2. The molecule has 2 N–H and O–H groups in total. The molecule has 20 heavy (non-hydrogen) atoms. The summed E-state index contributed by atoms with van der Waals surface area (Å²) in [5.41, 5.74) is 2.58. The molecule has 0 amide bonds. The molecular formula is C16H16ClNO2. The summed E-state index contributed by atoms with van der Waals surface area (Å²) in [5, 5.41) is 12.9. The maximum atomic E-state index is 11.4. The average Bonchev–Trinajstić information content (AvgIpc) is 2.45. The van der Waals surface area contributed by atoms with Gasteiger partial charge in [-0.2, -0.15) is 0 Å². The molecule has 2 aromatic carbocycles. The Balaban J connectivity index is 2.24. The van der Waals surface area contributed by atoms with Crippen molar-refractivity contribution in [3.63, 3.8) is 0 Å². The van der Waals surface area contributed by atoms with Gasteiger partial charge in [-0.15, -0.1) is 0 Å². The summed E-state index contributed by atoms with van der Waals surface area (Å²) in [4.78, 5) is 11.4. The van der Waals surface area contributed by atoms with E-state index in [4.69, 9.17) is 11.6 Å². The normalized spacial score (nSPS) is 11.9. The maximum absolute atomic E-state index is 11.4. The number of carbonyl (C=O) groups is 1. The van der Waals surface area contributed by atoms with Gasteiger partial charge in [0.05, 0.1) is 0 Å². The lowest BCUT2D eigenvalue weighted by Crippen LogP contribution is -2.20. The third-order valence-electron chi connectivity index (χ3n) is 3.10. The zero-order valence-corrected chi connectivity index (χ0v) is 11.9. The van der Waals surface area contributed by atoms with Gasteiger partial charge in [0.25, 0.3) is 0 Å². The summed E-state index contributed by atoms with van der Waals surface area (Å²) in [6.45, 7) is 2.06. The van der Waals surface area contributed by atoms with Gasteiger partial charge in [-0.05, 0) is 35.7 Å². The van der Waals surface area contributed by atoms with Crippen LogP contribution in [0.25, 0.3) is 0 Å². The fraction of sp³-hybridized carbons (Fsp3) is 0.188. The highest BCUT2D eigenvalue weighted by atomic mass is 35.5. The fourth-order valence-corrected chi connectivity index (χ4v) is 2.17. The highest BCUT2D eigenvalue weighted by Crippen LogP contribution is 2.22. The first-order valence-electron chi connectivity index (χ1n) is 6.44. The summed E-state index contributed by atoms with van der Waals surface area (Å²) in [6.07, 6.45) is 0.930. The zero-order chi connectivity index (χ0) is 14.5. The molecule has 0 saturated carbocycles. The number of rotatable bonds is 5. The SMILES string of the molecule is CCc1ccc(C(Nc2cccc(Cl)c2)C(=O)O)cc1. The van der Waals surface area contributed by atoms with E-state index < -0.39 is 12.0 Å². The molecule has 1 atom stereocenters. The van der Waals surface area contributed by atoms with E-state index in [1.807, 2.05) is 24.3 Å². The quantitative estimate of drug-likeness (QED) is 0.870. The third kappa shape index (κ3) is 3.52. The molecule has 0 heterocycles. The molecule has 104 valence electrons. The summed E-state index contributed by atoms with van der Waals surface area (Å²) in [5.74, 6) is -0.922. The number of aryl methyl sites for hydroxylation is 1. The fourth-order valence-electron chi connectivity index (χ4n) is 1.98. The number of anilines is 1. The van der Waals surface area contributed by atoms with Crippen molar-refractivity contribution in [1.82, 2.24) is 0 Å². The zero-order valence-electron chi connectivity index (χ0n) is 11.1. The first kappa shape index (κ1) is 14.4. The first-order chi connectivity index (χ1) is 9.60. The van der Waals surface area contributed by atoms with Crippen LogP contribution < -0.4 is 5.32 Å². The predicted molar refractivity (Wildman–Crippen MR) is 81.3 cm³/mol. The number of hydrogen-bond donors (Lipinski definition) is 2. The van der Waals surface area contributed by atoms with Crippen LogP contribution in [0.4, 0.5) is 5.69 Å². The van der Waals surface area contributed by atoms with E-state index in [2.05, 4.69) is 12.2 Å². The summed E-state index contributed by atoms with van der Waals surface area (Å²) in [7, 11) is 0. The van der Waals surface area contributed by atoms with Gasteiger partial charge in [-0.3, -0.25) is 0 Å². The Kier molecular flexibility index (Phi) is 4.64. The Morgan fingerprint density at radius 2 is 1.95 bits per heavy atom. The van der Waals surface area contributed by atoms with Crippen molar-refractivity contribution in [1.29, 1.82) is 0 Å². The molecule has 0 aliphatic rings. The number of carboxylic acids is 1. The van der Waals surface area contributed by atoms with Gasteiger partial charge in [0, 0.05) is 10.7 Å². The molecule has 2 rings (SSSR count). The minimum atomic E-state index is -0.922. The van der Waals surface area contributed by atoms with E-state index in [0.29, 0.717) is 10.7 Å². The molecule has 0 aliphatic carbocycles. The molecule has 0 aliphatic heterocycles. The smallest absolute Gasteiger partial charge is 0.330 e. The Morgan fingerprint density at radius 1 is 1.25 bits per heavy atom. The third-order valence-corrected chi connectivity index (χ3v) is 3.34. The predicted octanol–water partition coefficient (Wildman–Crippen LogP) is 4.14. The van der Waals surface area contributed by atoms with Gasteiger partial charge in [-0.1, -0.05) is 48.9 Å². The van der Waals surface area contributed by atoms with Gasteiger partial charge in [0.15, 0.2) is 6.04 Å². The van der Waals surface area contributed by atoms with Crippen LogP contribution in [0.3, 0.4) is 0 Å². The topological polar surface area (TPSA) is 49.3 Å². The van der Waals surface area contributed by atoms with E-state index in [9.17, 15) is 9.90 Å². The van der Waals surface area contributed by atoms with Crippen molar-refractivity contribution in [2.45, 2.75) is 19.4 Å². The van der Waals surface area contributed by atoms with Crippen molar-refractivity contribution in [2.24, 2.45) is 0 Å². The highest BCUT2D eigenvalue weighted by Gasteiger charge is 2.19. The first-order valence-corrected chi connectivity index (χ1v) is 6.81. The van der Waals surface area contributed by atoms with Crippen molar-refractivity contribution >= 4 is 23.3 Å². The van der Waals surface area contributed by atoms with Crippen LogP contribution in [-0.2, 0) is 11.2 Å². The lowest BCUT2D eigenvalue weighted by molar-refractivity contribution is -0.138. The molecule has 0 radical (unpaired) electrons. The maximum Gasteiger partial charge on any atom is 0.330 e. The summed E-state index contributed by atoms with van der Waals surface area (Å²) >= 11 is 5.91. The number of nitrogens with one attached hydrogen (secondary N) is 1. The van der Waals surface area contributed by atoms with Crippen LogP contribution in [-0.4, -0.2) is 11.1 Å². The number of carboxylic acid groups (broad SMARTS) is 1. The van der Waals surface area contributed by atoms with Gasteiger partial charge in [0.2, 0.25) is 0 Å². The molecular weight excluding hydrogens is 274 g/mol. The summed E-state index contributed by atoms with van der Waals surface area (Å²) < 4.78 is 0. The second kappa shape index (κ2) is 6.44. The lowest BCUT2D eigenvalue weighted by Gasteiger charge is -2.16. The number of hydrogen-bond acceptors (Lipinski definition) is 2. The minimum absolute atomic E-state index is 0.570. The molecule has 0 bridgehead atoms. The highest BCUT2D eigenvalue weighted by molar-refractivity contribution is 6.30. The molecule has 0 spiro atoms. The number of aliphatic carboxylic acids is 1. The Bertz CT molecular complexity index is 596. The van der Waals surface area contributed by atoms with E-state index >= 15 is 0 Å². The average molecular weight is 290 g/mol. The number of halogens is 1. The van der Waals surface area contributed by atoms with Gasteiger partial charge in [0.1, 0.15) is 0 Å². The van der Waals surface area contributed by atoms with Crippen LogP contribution >= 0.6 is 11.6 Å². The monoisotopic (exact) mass is 289 g/mol. The van der Waals surface area contributed by atoms with E-state index in [1.54, 1.807) is 24.3 Å². The molecule has 0 saturated heterocycles. The van der Waals surface area contributed by atoms with Crippen LogP contribution in [0.2, 0.25) is 5.02 Å². The molecule has 0 aromatic heterocycles. The molecule has 0 fully saturated rings. The Morgan fingerprint density at radius 3 is 2.50 bits per heavy atom. The Labute approximate surface area is 123 Å². The lowest BCUT2D eigenvalue weighted by atomic mass is 10.0.